The molecule has 0 bridgehead atoms. The molecule has 1 unspecified atom stereocenters. The Balaban J connectivity index is 2.32. The standard InChI is InChI=1S/C8H15N3O/c1-7(2)10-8(12)6-11-5-3-4-9-11/h3-5,7-8,10,12H,6H2,1-2H3. The largest absolute Gasteiger partial charge is 0.377 e. The third kappa shape index (κ3) is 3.02. The van der Waals surface area contributed by atoms with Crippen LogP contribution in [0.3, 0.4) is 0 Å². The first kappa shape index (κ1) is 9.22. The molecule has 0 aliphatic heterocycles. The van der Waals surface area contributed by atoms with Crippen molar-refractivity contribution in [2.24, 2.45) is 0 Å². The van der Waals surface area contributed by atoms with Crippen molar-refractivity contribution >= 4 is 0 Å². The van der Waals surface area contributed by atoms with Gasteiger partial charge in [-0.3, -0.25) is 10.00 Å². The molecular formula is C8H15N3O. The van der Waals surface area contributed by atoms with Crippen LogP contribution >= 0.6 is 0 Å². The van der Waals surface area contributed by atoms with E-state index < -0.39 is 6.23 Å². The zero-order valence-corrected chi connectivity index (χ0v) is 7.44. The van der Waals surface area contributed by atoms with Crippen LogP contribution in [-0.4, -0.2) is 27.2 Å². The molecule has 0 aromatic carbocycles. The highest BCUT2D eigenvalue weighted by molar-refractivity contribution is 4.78. The number of nitrogens with zero attached hydrogens (tertiary/aromatic N) is 2. The van der Waals surface area contributed by atoms with Crippen LogP contribution in [0.4, 0.5) is 0 Å². The Morgan fingerprint density at radius 2 is 2.33 bits per heavy atom. The van der Waals surface area contributed by atoms with Crippen LogP contribution in [0, 0.1) is 0 Å². The Kier molecular flexibility index (Phi) is 3.25. The minimum absolute atomic E-state index is 0.288. The van der Waals surface area contributed by atoms with Crippen LogP contribution in [-0.2, 0) is 6.54 Å². The number of rotatable bonds is 4. The van der Waals surface area contributed by atoms with Gasteiger partial charge in [0.15, 0.2) is 0 Å². The van der Waals surface area contributed by atoms with Gasteiger partial charge in [-0.15, -0.1) is 0 Å². The molecule has 1 atom stereocenters. The van der Waals surface area contributed by atoms with Gasteiger partial charge in [-0.25, -0.2) is 0 Å². The fourth-order valence-corrected chi connectivity index (χ4v) is 1.02. The van der Waals surface area contributed by atoms with E-state index in [1.807, 2.05) is 26.1 Å². The van der Waals surface area contributed by atoms with E-state index >= 15 is 0 Å². The van der Waals surface area contributed by atoms with Crippen LogP contribution in [0.5, 0.6) is 0 Å². The number of aliphatic hydroxyl groups excluding tert-OH is 1. The zero-order valence-electron chi connectivity index (χ0n) is 7.44. The summed E-state index contributed by atoms with van der Waals surface area (Å²) < 4.78 is 1.69. The normalized spacial score (nSPS) is 13.7. The van der Waals surface area contributed by atoms with Crippen LogP contribution in [0.1, 0.15) is 13.8 Å². The van der Waals surface area contributed by atoms with E-state index in [-0.39, 0.29) is 6.04 Å². The van der Waals surface area contributed by atoms with Crippen LogP contribution in [0.15, 0.2) is 18.5 Å². The number of aliphatic hydroxyl groups is 1. The van der Waals surface area contributed by atoms with Crippen molar-refractivity contribution in [2.45, 2.75) is 32.7 Å². The lowest BCUT2D eigenvalue weighted by molar-refractivity contribution is 0.105. The lowest BCUT2D eigenvalue weighted by Crippen LogP contribution is -2.37. The molecule has 0 radical (unpaired) electrons. The first-order valence-corrected chi connectivity index (χ1v) is 4.10. The van der Waals surface area contributed by atoms with Gasteiger partial charge >= 0.3 is 0 Å². The van der Waals surface area contributed by atoms with Gasteiger partial charge in [0, 0.05) is 18.4 Å². The lowest BCUT2D eigenvalue weighted by atomic mass is 10.4. The molecule has 1 aromatic heterocycles. The van der Waals surface area contributed by atoms with E-state index in [9.17, 15) is 5.11 Å². The molecule has 12 heavy (non-hydrogen) atoms. The van der Waals surface area contributed by atoms with Crippen LogP contribution < -0.4 is 5.32 Å². The number of hydrogen-bond acceptors (Lipinski definition) is 3. The highest BCUT2D eigenvalue weighted by Gasteiger charge is 2.05. The molecule has 1 rings (SSSR count). The topological polar surface area (TPSA) is 50.1 Å². The van der Waals surface area contributed by atoms with Crippen molar-refractivity contribution in [3.05, 3.63) is 18.5 Å². The summed E-state index contributed by atoms with van der Waals surface area (Å²) in [4.78, 5) is 0. The molecular weight excluding hydrogens is 154 g/mol. The van der Waals surface area contributed by atoms with Crippen molar-refractivity contribution < 1.29 is 5.11 Å². The summed E-state index contributed by atoms with van der Waals surface area (Å²) >= 11 is 0. The molecule has 2 N–H and O–H groups in total. The van der Waals surface area contributed by atoms with E-state index in [4.69, 9.17) is 0 Å². The first-order valence-electron chi connectivity index (χ1n) is 4.10. The smallest absolute Gasteiger partial charge is 0.124 e. The Bertz CT molecular complexity index is 208. The Morgan fingerprint density at radius 3 is 2.83 bits per heavy atom. The molecule has 1 aromatic rings. The predicted octanol–water partition coefficient (Wildman–Crippen LogP) is 0.199. The predicted molar refractivity (Wildman–Crippen MR) is 46.5 cm³/mol. The minimum Gasteiger partial charge on any atom is -0.377 e. The molecule has 0 aliphatic rings. The van der Waals surface area contributed by atoms with Gasteiger partial charge in [-0.05, 0) is 19.9 Å². The molecule has 4 nitrogen and oxygen atoms in total. The summed E-state index contributed by atoms with van der Waals surface area (Å²) in [5, 5.41) is 16.4. The Hall–Kier alpha value is -0.870. The molecule has 68 valence electrons. The lowest BCUT2D eigenvalue weighted by Gasteiger charge is -2.15. The second kappa shape index (κ2) is 4.23. The summed E-state index contributed by atoms with van der Waals surface area (Å²) in [6.07, 6.45) is 3.00. The highest BCUT2D eigenvalue weighted by Crippen LogP contribution is 1.89. The van der Waals surface area contributed by atoms with Gasteiger partial charge in [-0.2, -0.15) is 5.10 Å². The molecule has 0 saturated heterocycles. The monoisotopic (exact) mass is 169 g/mol. The van der Waals surface area contributed by atoms with Crippen molar-refractivity contribution in [3.63, 3.8) is 0 Å². The van der Waals surface area contributed by atoms with Crippen molar-refractivity contribution in [1.82, 2.24) is 15.1 Å². The van der Waals surface area contributed by atoms with E-state index in [1.165, 1.54) is 0 Å². The van der Waals surface area contributed by atoms with E-state index in [0.717, 1.165) is 0 Å². The molecule has 0 aliphatic carbocycles. The second-order valence-electron chi connectivity index (χ2n) is 3.07. The van der Waals surface area contributed by atoms with E-state index in [2.05, 4.69) is 10.4 Å². The van der Waals surface area contributed by atoms with Crippen molar-refractivity contribution in [1.29, 1.82) is 0 Å². The molecule has 0 amide bonds. The number of aromatic nitrogens is 2. The third-order valence-corrected chi connectivity index (χ3v) is 1.44. The maximum Gasteiger partial charge on any atom is 0.124 e. The molecule has 0 spiro atoms. The van der Waals surface area contributed by atoms with E-state index in [1.54, 1.807) is 10.9 Å². The maximum absolute atomic E-state index is 9.42. The second-order valence-corrected chi connectivity index (χ2v) is 3.07. The third-order valence-electron chi connectivity index (χ3n) is 1.44. The fraction of sp³-hybridized carbons (Fsp3) is 0.625. The molecule has 0 fully saturated rings. The van der Waals surface area contributed by atoms with Gasteiger partial charge in [0.25, 0.3) is 0 Å². The van der Waals surface area contributed by atoms with Crippen LogP contribution in [0.2, 0.25) is 0 Å². The average molecular weight is 169 g/mol. The summed E-state index contributed by atoms with van der Waals surface area (Å²) in [6.45, 7) is 4.48. The Labute approximate surface area is 72.2 Å². The SMILES string of the molecule is CC(C)NC(O)Cn1cccn1. The number of nitrogens with one attached hydrogen (secondary N) is 1. The summed E-state index contributed by atoms with van der Waals surface area (Å²) in [7, 11) is 0. The Morgan fingerprint density at radius 1 is 1.58 bits per heavy atom. The summed E-state index contributed by atoms with van der Waals surface area (Å²) in [5.41, 5.74) is 0. The summed E-state index contributed by atoms with van der Waals surface area (Å²) in [5.74, 6) is 0. The van der Waals surface area contributed by atoms with Gasteiger partial charge < -0.3 is 5.11 Å². The summed E-state index contributed by atoms with van der Waals surface area (Å²) in [6, 6.07) is 2.12. The molecule has 4 heteroatoms. The zero-order chi connectivity index (χ0) is 8.97. The fourth-order valence-electron chi connectivity index (χ4n) is 1.02. The molecule has 0 saturated carbocycles. The van der Waals surface area contributed by atoms with Crippen molar-refractivity contribution in [2.75, 3.05) is 0 Å². The van der Waals surface area contributed by atoms with Gasteiger partial charge in [0.2, 0.25) is 0 Å². The van der Waals surface area contributed by atoms with Gasteiger partial charge in [0.05, 0.1) is 6.54 Å². The first-order chi connectivity index (χ1) is 5.68. The average Bonchev–Trinajstić information content (AvgIpc) is 2.37. The molecule has 1 heterocycles. The highest BCUT2D eigenvalue weighted by atomic mass is 16.3. The van der Waals surface area contributed by atoms with Crippen LogP contribution in [0.25, 0.3) is 0 Å². The number of hydrogen-bond donors (Lipinski definition) is 2. The minimum atomic E-state index is -0.523. The van der Waals surface area contributed by atoms with Gasteiger partial charge in [-0.1, -0.05) is 0 Å². The van der Waals surface area contributed by atoms with E-state index in [0.29, 0.717) is 6.54 Å². The van der Waals surface area contributed by atoms with Crippen molar-refractivity contribution in [3.8, 4) is 0 Å². The quantitative estimate of drug-likeness (QED) is 0.633. The van der Waals surface area contributed by atoms with Gasteiger partial charge in [0.1, 0.15) is 6.23 Å². The maximum atomic E-state index is 9.42.